The number of aromatic nitrogens is 2. The Labute approximate surface area is 155 Å². The van der Waals surface area contributed by atoms with Crippen molar-refractivity contribution in [2.45, 2.75) is 59.0 Å². The van der Waals surface area contributed by atoms with Gasteiger partial charge < -0.3 is 9.57 Å². The highest BCUT2D eigenvalue weighted by atomic mass is 16.6. The predicted molar refractivity (Wildman–Crippen MR) is 103 cm³/mol. The van der Waals surface area contributed by atoms with Crippen LogP contribution in [0.2, 0.25) is 0 Å². The fourth-order valence-corrected chi connectivity index (χ4v) is 3.03. The first-order valence-corrected chi connectivity index (χ1v) is 9.39. The highest BCUT2D eigenvalue weighted by Gasteiger charge is 2.16. The number of hydrogen-bond donors (Lipinski definition) is 0. The molecule has 0 saturated heterocycles. The lowest BCUT2D eigenvalue weighted by molar-refractivity contribution is 0.0860. The average Bonchev–Trinajstić information content (AvgIpc) is 2.67. The summed E-state index contributed by atoms with van der Waals surface area (Å²) in [6, 6.07) is 8.37. The Bertz CT molecular complexity index is 754. The van der Waals surface area contributed by atoms with Gasteiger partial charge in [-0.25, -0.2) is 9.97 Å². The lowest BCUT2D eigenvalue weighted by Gasteiger charge is -2.17. The zero-order chi connectivity index (χ0) is 18.4. The van der Waals surface area contributed by atoms with E-state index in [2.05, 4.69) is 39.4 Å². The summed E-state index contributed by atoms with van der Waals surface area (Å²) in [6.45, 7) is 6.51. The van der Waals surface area contributed by atoms with E-state index in [1.54, 1.807) is 6.33 Å². The number of nitrogens with zero attached hydrogens (tertiary/aromatic N) is 3. The number of rotatable bonds is 7. The molecular weight excluding hydrogens is 326 g/mol. The Kier molecular flexibility index (Phi) is 6.21. The minimum Gasteiger partial charge on any atom is -0.477 e. The van der Waals surface area contributed by atoms with Gasteiger partial charge >= 0.3 is 0 Å². The van der Waals surface area contributed by atoms with Gasteiger partial charge in [0.05, 0.1) is 18.0 Å². The van der Waals surface area contributed by atoms with Gasteiger partial charge in [0.25, 0.3) is 0 Å². The van der Waals surface area contributed by atoms with Gasteiger partial charge in [0.1, 0.15) is 12.4 Å². The largest absolute Gasteiger partial charge is 0.477 e. The summed E-state index contributed by atoms with van der Waals surface area (Å²) in [5, 5.41) is 4.14. The first-order chi connectivity index (χ1) is 12.6. The SMILES string of the molecule is C/C(=N\OC(C)C)c1ccc(CCOc2ncnc3c2CCCC3)cc1. The van der Waals surface area contributed by atoms with Crippen LogP contribution in [-0.4, -0.2) is 28.4 Å². The van der Waals surface area contributed by atoms with Gasteiger partial charge in [-0.3, -0.25) is 0 Å². The normalized spacial score (nSPS) is 14.2. The summed E-state index contributed by atoms with van der Waals surface area (Å²) in [7, 11) is 0. The molecule has 1 aliphatic carbocycles. The summed E-state index contributed by atoms with van der Waals surface area (Å²) in [4.78, 5) is 14.0. The maximum absolute atomic E-state index is 5.96. The van der Waals surface area contributed by atoms with Crippen LogP contribution in [0.3, 0.4) is 0 Å². The Morgan fingerprint density at radius 2 is 1.88 bits per heavy atom. The highest BCUT2D eigenvalue weighted by molar-refractivity contribution is 5.98. The van der Waals surface area contributed by atoms with Crippen molar-refractivity contribution in [2.24, 2.45) is 5.16 Å². The fourth-order valence-electron chi connectivity index (χ4n) is 3.03. The molecule has 26 heavy (non-hydrogen) atoms. The van der Waals surface area contributed by atoms with E-state index < -0.39 is 0 Å². The summed E-state index contributed by atoms with van der Waals surface area (Å²) >= 11 is 0. The molecule has 0 atom stereocenters. The lowest BCUT2D eigenvalue weighted by Crippen LogP contribution is -2.11. The number of benzene rings is 1. The van der Waals surface area contributed by atoms with Crippen molar-refractivity contribution < 1.29 is 9.57 Å². The predicted octanol–water partition coefficient (Wildman–Crippen LogP) is 4.13. The second-order valence-electron chi connectivity index (χ2n) is 6.94. The minimum absolute atomic E-state index is 0.0916. The monoisotopic (exact) mass is 353 g/mol. The smallest absolute Gasteiger partial charge is 0.219 e. The third-order valence-electron chi connectivity index (χ3n) is 4.49. The van der Waals surface area contributed by atoms with Gasteiger partial charge in [0.15, 0.2) is 0 Å². The molecule has 1 aliphatic rings. The van der Waals surface area contributed by atoms with Gasteiger partial charge in [-0.2, -0.15) is 0 Å². The van der Waals surface area contributed by atoms with Crippen molar-refractivity contribution in [1.29, 1.82) is 0 Å². The van der Waals surface area contributed by atoms with E-state index in [0.717, 1.165) is 42.1 Å². The number of aryl methyl sites for hydroxylation is 1. The Balaban J connectivity index is 1.55. The molecule has 5 heteroatoms. The first kappa shape index (κ1) is 18.4. The molecule has 1 aromatic carbocycles. The zero-order valence-electron chi connectivity index (χ0n) is 15.9. The van der Waals surface area contributed by atoms with Crippen LogP contribution in [0.15, 0.2) is 35.7 Å². The van der Waals surface area contributed by atoms with Crippen molar-refractivity contribution in [3.05, 3.63) is 53.0 Å². The molecule has 138 valence electrons. The van der Waals surface area contributed by atoms with E-state index >= 15 is 0 Å². The van der Waals surface area contributed by atoms with Crippen molar-refractivity contribution in [1.82, 2.24) is 9.97 Å². The van der Waals surface area contributed by atoms with Crippen molar-refractivity contribution in [3.63, 3.8) is 0 Å². The lowest BCUT2D eigenvalue weighted by atomic mass is 9.97. The summed E-state index contributed by atoms with van der Waals surface area (Å²) < 4.78 is 5.96. The molecule has 5 nitrogen and oxygen atoms in total. The third kappa shape index (κ3) is 4.81. The maximum Gasteiger partial charge on any atom is 0.219 e. The molecular formula is C21H27N3O2. The second kappa shape index (κ2) is 8.79. The van der Waals surface area contributed by atoms with Gasteiger partial charge in [0.2, 0.25) is 5.88 Å². The standard InChI is InChI=1S/C21H27N3O2/c1-15(2)26-24-16(3)18-10-8-17(9-11-18)12-13-25-21-19-6-4-5-7-20(19)22-14-23-21/h8-11,14-15H,4-7,12-13H2,1-3H3/b24-16+. The number of ether oxygens (including phenoxy) is 1. The zero-order valence-corrected chi connectivity index (χ0v) is 15.9. The topological polar surface area (TPSA) is 56.6 Å². The molecule has 0 spiro atoms. The van der Waals surface area contributed by atoms with Crippen LogP contribution < -0.4 is 4.74 Å². The van der Waals surface area contributed by atoms with E-state index in [1.165, 1.54) is 24.0 Å². The summed E-state index contributed by atoms with van der Waals surface area (Å²) in [6.07, 6.45) is 7.02. The molecule has 0 unspecified atom stereocenters. The molecule has 0 aliphatic heterocycles. The number of oxime groups is 1. The first-order valence-electron chi connectivity index (χ1n) is 9.39. The molecule has 0 N–H and O–H groups in total. The van der Waals surface area contributed by atoms with Gasteiger partial charge in [-0.15, -0.1) is 0 Å². The van der Waals surface area contributed by atoms with Crippen molar-refractivity contribution in [3.8, 4) is 5.88 Å². The van der Waals surface area contributed by atoms with Gasteiger partial charge in [-0.05, 0) is 57.6 Å². The van der Waals surface area contributed by atoms with Crippen LogP contribution >= 0.6 is 0 Å². The summed E-state index contributed by atoms with van der Waals surface area (Å²) in [5.41, 5.74) is 5.54. The molecule has 0 bridgehead atoms. The molecule has 2 aromatic rings. The fraction of sp³-hybridized carbons (Fsp3) is 0.476. The van der Waals surface area contributed by atoms with Crippen molar-refractivity contribution in [2.75, 3.05) is 6.61 Å². The molecule has 0 amide bonds. The Morgan fingerprint density at radius 1 is 1.12 bits per heavy atom. The van der Waals surface area contributed by atoms with Crippen LogP contribution in [0.1, 0.15) is 56.0 Å². The Hall–Kier alpha value is -2.43. The van der Waals surface area contributed by atoms with E-state index in [0.29, 0.717) is 6.61 Å². The van der Waals surface area contributed by atoms with E-state index in [9.17, 15) is 0 Å². The van der Waals surface area contributed by atoms with Crippen LogP contribution in [0, 0.1) is 0 Å². The van der Waals surface area contributed by atoms with Gasteiger partial charge in [-0.1, -0.05) is 29.4 Å². The molecule has 1 heterocycles. The molecule has 0 saturated carbocycles. The molecule has 1 aromatic heterocycles. The third-order valence-corrected chi connectivity index (χ3v) is 4.49. The van der Waals surface area contributed by atoms with Crippen molar-refractivity contribution >= 4 is 5.71 Å². The van der Waals surface area contributed by atoms with Crippen LogP contribution in [0.5, 0.6) is 5.88 Å². The van der Waals surface area contributed by atoms with E-state index in [1.807, 2.05) is 20.8 Å². The summed E-state index contributed by atoms with van der Waals surface area (Å²) in [5.74, 6) is 0.764. The number of fused-ring (bicyclic) bond motifs is 1. The van der Waals surface area contributed by atoms with Crippen LogP contribution in [0.4, 0.5) is 0 Å². The van der Waals surface area contributed by atoms with E-state index in [-0.39, 0.29) is 6.10 Å². The number of hydrogen-bond acceptors (Lipinski definition) is 5. The second-order valence-corrected chi connectivity index (χ2v) is 6.94. The molecule has 3 rings (SSSR count). The minimum atomic E-state index is 0.0916. The maximum atomic E-state index is 5.96. The quantitative estimate of drug-likeness (QED) is 0.555. The Morgan fingerprint density at radius 3 is 2.65 bits per heavy atom. The highest BCUT2D eigenvalue weighted by Crippen LogP contribution is 2.26. The molecule has 0 fully saturated rings. The molecule has 0 radical (unpaired) electrons. The average molecular weight is 353 g/mol. The van der Waals surface area contributed by atoms with Gasteiger partial charge in [0, 0.05) is 12.0 Å². The van der Waals surface area contributed by atoms with Crippen LogP contribution in [-0.2, 0) is 24.1 Å². The van der Waals surface area contributed by atoms with E-state index in [4.69, 9.17) is 9.57 Å². The van der Waals surface area contributed by atoms with Crippen LogP contribution in [0.25, 0.3) is 0 Å².